The molecule has 106 valence electrons. The maximum absolute atomic E-state index is 11.7. The van der Waals surface area contributed by atoms with Gasteiger partial charge in [-0.1, -0.05) is 38.3 Å². The quantitative estimate of drug-likeness (QED) is 0.748. The summed E-state index contributed by atoms with van der Waals surface area (Å²) < 4.78 is 4.80. The summed E-state index contributed by atoms with van der Waals surface area (Å²) in [6, 6.07) is 5.54. The highest BCUT2D eigenvalue weighted by Crippen LogP contribution is 2.24. The number of esters is 1. The standard InChI is InChI=1S/C15H22ClNO2/c1-4-6-12(7-5-2)17-14-10-11(16)8-9-13(14)15(18)19-3/h8-10,12,17H,4-7H2,1-3H3. The molecule has 0 saturated heterocycles. The largest absolute Gasteiger partial charge is 0.465 e. The number of carbonyl (C=O) groups is 1. The minimum Gasteiger partial charge on any atom is -0.465 e. The molecule has 0 fully saturated rings. The van der Waals surface area contributed by atoms with E-state index in [0.29, 0.717) is 16.6 Å². The molecule has 0 heterocycles. The smallest absolute Gasteiger partial charge is 0.339 e. The zero-order chi connectivity index (χ0) is 14.3. The molecule has 0 bridgehead atoms. The lowest BCUT2D eigenvalue weighted by molar-refractivity contribution is 0.0602. The van der Waals surface area contributed by atoms with Gasteiger partial charge in [-0.3, -0.25) is 0 Å². The minimum absolute atomic E-state index is 0.342. The number of hydrogen-bond donors (Lipinski definition) is 1. The van der Waals surface area contributed by atoms with Gasteiger partial charge in [-0.05, 0) is 31.0 Å². The van der Waals surface area contributed by atoms with E-state index in [2.05, 4.69) is 19.2 Å². The van der Waals surface area contributed by atoms with Crippen molar-refractivity contribution >= 4 is 23.3 Å². The molecule has 0 amide bonds. The van der Waals surface area contributed by atoms with E-state index in [4.69, 9.17) is 16.3 Å². The van der Waals surface area contributed by atoms with Crippen LogP contribution >= 0.6 is 11.6 Å². The molecule has 0 unspecified atom stereocenters. The summed E-state index contributed by atoms with van der Waals surface area (Å²) in [7, 11) is 1.39. The Balaban J connectivity index is 2.96. The third-order valence-corrected chi connectivity index (χ3v) is 3.26. The molecule has 0 aromatic heterocycles. The van der Waals surface area contributed by atoms with E-state index in [1.807, 2.05) is 0 Å². The van der Waals surface area contributed by atoms with Crippen molar-refractivity contribution in [2.24, 2.45) is 0 Å². The predicted octanol–water partition coefficient (Wildman–Crippen LogP) is 4.51. The van der Waals surface area contributed by atoms with Crippen LogP contribution in [0.4, 0.5) is 5.69 Å². The van der Waals surface area contributed by atoms with Crippen molar-refractivity contribution in [3.05, 3.63) is 28.8 Å². The fourth-order valence-corrected chi connectivity index (χ4v) is 2.30. The second kappa shape index (κ2) is 8.05. The fraction of sp³-hybridized carbons (Fsp3) is 0.533. The van der Waals surface area contributed by atoms with E-state index in [-0.39, 0.29) is 5.97 Å². The molecular formula is C15H22ClNO2. The second-order valence-electron chi connectivity index (χ2n) is 4.60. The number of methoxy groups -OCH3 is 1. The number of anilines is 1. The van der Waals surface area contributed by atoms with Crippen molar-refractivity contribution in [3.63, 3.8) is 0 Å². The zero-order valence-corrected chi connectivity index (χ0v) is 12.6. The number of carbonyl (C=O) groups excluding carboxylic acids is 1. The summed E-state index contributed by atoms with van der Waals surface area (Å²) in [5.74, 6) is -0.342. The van der Waals surface area contributed by atoms with Crippen molar-refractivity contribution in [1.82, 2.24) is 0 Å². The molecule has 1 rings (SSSR count). The van der Waals surface area contributed by atoms with Gasteiger partial charge < -0.3 is 10.1 Å². The Morgan fingerprint density at radius 3 is 2.47 bits per heavy atom. The number of halogens is 1. The van der Waals surface area contributed by atoms with Crippen LogP contribution in [0.5, 0.6) is 0 Å². The topological polar surface area (TPSA) is 38.3 Å². The third-order valence-electron chi connectivity index (χ3n) is 3.02. The monoisotopic (exact) mass is 283 g/mol. The molecular weight excluding hydrogens is 262 g/mol. The Bertz CT molecular complexity index is 415. The minimum atomic E-state index is -0.342. The number of ether oxygens (including phenoxy) is 1. The Morgan fingerprint density at radius 1 is 1.32 bits per heavy atom. The van der Waals surface area contributed by atoms with Gasteiger partial charge in [0, 0.05) is 11.1 Å². The third kappa shape index (κ3) is 4.75. The van der Waals surface area contributed by atoms with E-state index in [1.54, 1.807) is 18.2 Å². The first-order valence-corrected chi connectivity index (χ1v) is 7.14. The van der Waals surface area contributed by atoms with Crippen molar-refractivity contribution in [2.75, 3.05) is 12.4 Å². The zero-order valence-electron chi connectivity index (χ0n) is 11.8. The van der Waals surface area contributed by atoms with Gasteiger partial charge in [0.25, 0.3) is 0 Å². The van der Waals surface area contributed by atoms with Gasteiger partial charge in [0.15, 0.2) is 0 Å². The highest BCUT2D eigenvalue weighted by Gasteiger charge is 2.15. The van der Waals surface area contributed by atoms with E-state index in [1.165, 1.54) is 7.11 Å². The number of benzene rings is 1. The van der Waals surface area contributed by atoms with Crippen LogP contribution in [-0.2, 0) is 4.74 Å². The molecule has 3 nitrogen and oxygen atoms in total. The van der Waals surface area contributed by atoms with Gasteiger partial charge in [-0.25, -0.2) is 4.79 Å². The molecule has 0 spiro atoms. The van der Waals surface area contributed by atoms with Crippen LogP contribution in [0.3, 0.4) is 0 Å². The Kier molecular flexibility index (Phi) is 6.71. The Labute approximate surface area is 120 Å². The van der Waals surface area contributed by atoms with Gasteiger partial charge in [0.1, 0.15) is 0 Å². The van der Waals surface area contributed by atoms with Gasteiger partial charge >= 0.3 is 5.97 Å². The summed E-state index contributed by atoms with van der Waals surface area (Å²) in [5.41, 5.74) is 1.29. The first-order chi connectivity index (χ1) is 9.12. The lowest BCUT2D eigenvalue weighted by Crippen LogP contribution is -2.21. The van der Waals surface area contributed by atoms with Crippen molar-refractivity contribution in [2.45, 2.75) is 45.6 Å². The highest BCUT2D eigenvalue weighted by atomic mass is 35.5. The maximum atomic E-state index is 11.7. The molecule has 0 atom stereocenters. The average molecular weight is 284 g/mol. The van der Waals surface area contributed by atoms with Crippen LogP contribution in [0.2, 0.25) is 5.02 Å². The first kappa shape index (κ1) is 15.8. The Morgan fingerprint density at radius 2 is 1.95 bits per heavy atom. The summed E-state index contributed by atoms with van der Waals surface area (Å²) in [4.78, 5) is 11.7. The predicted molar refractivity (Wildman–Crippen MR) is 80.0 cm³/mol. The van der Waals surface area contributed by atoms with Crippen LogP contribution in [0.15, 0.2) is 18.2 Å². The van der Waals surface area contributed by atoms with E-state index in [0.717, 1.165) is 31.4 Å². The molecule has 0 radical (unpaired) electrons. The highest BCUT2D eigenvalue weighted by molar-refractivity contribution is 6.31. The lowest BCUT2D eigenvalue weighted by atomic mass is 10.1. The molecule has 0 aliphatic rings. The normalized spacial score (nSPS) is 10.6. The summed E-state index contributed by atoms with van der Waals surface area (Å²) >= 11 is 6.01. The summed E-state index contributed by atoms with van der Waals surface area (Å²) in [5, 5.41) is 4.03. The van der Waals surface area contributed by atoms with Crippen LogP contribution in [-0.4, -0.2) is 19.1 Å². The van der Waals surface area contributed by atoms with Crippen LogP contribution in [0, 0.1) is 0 Å². The number of nitrogens with one attached hydrogen (secondary N) is 1. The van der Waals surface area contributed by atoms with Gasteiger partial charge in [-0.2, -0.15) is 0 Å². The summed E-state index contributed by atoms with van der Waals surface area (Å²) in [6.07, 6.45) is 4.35. The molecule has 1 N–H and O–H groups in total. The molecule has 1 aromatic rings. The van der Waals surface area contributed by atoms with Gasteiger partial charge in [0.05, 0.1) is 18.4 Å². The van der Waals surface area contributed by atoms with E-state index < -0.39 is 0 Å². The van der Waals surface area contributed by atoms with E-state index >= 15 is 0 Å². The first-order valence-electron chi connectivity index (χ1n) is 6.76. The van der Waals surface area contributed by atoms with Crippen LogP contribution in [0.1, 0.15) is 49.9 Å². The average Bonchev–Trinajstić information content (AvgIpc) is 2.38. The Hall–Kier alpha value is -1.22. The molecule has 4 heteroatoms. The molecule has 0 aliphatic heterocycles. The van der Waals surface area contributed by atoms with Crippen molar-refractivity contribution in [1.29, 1.82) is 0 Å². The molecule has 0 aliphatic carbocycles. The van der Waals surface area contributed by atoms with Crippen LogP contribution < -0.4 is 5.32 Å². The van der Waals surface area contributed by atoms with Gasteiger partial charge in [0.2, 0.25) is 0 Å². The van der Waals surface area contributed by atoms with Gasteiger partial charge in [-0.15, -0.1) is 0 Å². The fourth-order valence-electron chi connectivity index (χ4n) is 2.13. The lowest BCUT2D eigenvalue weighted by Gasteiger charge is -2.20. The number of rotatable bonds is 7. The SMILES string of the molecule is CCCC(CCC)Nc1cc(Cl)ccc1C(=O)OC. The number of hydrogen-bond acceptors (Lipinski definition) is 3. The van der Waals surface area contributed by atoms with Crippen molar-refractivity contribution in [3.8, 4) is 0 Å². The molecule has 19 heavy (non-hydrogen) atoms. The maximum Gasteiger partial charge on any atom is 0.339 e. The molecule has 0 saturated carbocycles. The van der Waals surface area contributed by atoms with Crippen LogP contribution in [0.25, 0.3) is 0 Å². The van der Waals surface area contributed by atoms with Crippen molar-refractivity contribution < 1.29 is 9.53 Å². The molecule has 1 aromatic carbocycles. The second-order valence-corrected chi connectivity index (χ2v) is 5.04. The van der Waals surface area contributed by atoms with E-state index in [9.17, 15) is 4.79 Å². The summed E-state index contributed by atoms with van der Waals surface area (Å²) in [6.45, 7) is 4.31.